The van der Waals surface area contributed by atoms with Gasteiger partial charge >= 0.3 is 0 Å². The number of nitrogens with one attached hydrogen (secondary N) is 1. The predicted octanol–water partition coefficient (Wildman–Crippen LogP) is 0.0741. The summed E-state index contributed by atoms with van der Waals surface area (Å²) >= 11 is 0. The van der Waals surface area contributed by atoms with Crippen molar-refractivity contribution >= 4 is 11.8 Å². The Labute approximate surface area is 76.6 Å². The second kappa shape index (κ2) is 3.10. The monoisotopic (exact) mass is 183 g/mol. The third kappa shape index (κ3) is 1.88. The van der Waals surface area contributed by atoms with E-state index in [0.717, 1.165) is 13.0 Å². The van der Waals surface area contributed by atoms with Crippen LogP contribution in [0.4, 0.5) is 0 Å². The lowest BCUT2D eigenvalue weighted by atomic mass is 9.89. The molecule has 3 atom stereocenters. The lowest BCUT2D eigenvalue weighted by molar-refractivity contribution is -0.126. The maximum absolute atomic E-state index is 11.3. The normalized spacial score (nSPS) is 34.5. The summed E-state index contributed by atoms with van der Waals surface area (Å²) in [7, 11) is 0. The lowest BCUT2D eigenvalue weighted by Gasteiger charge is -2.13. The summed E-state index contributed by atoms with van der Waals surface area (Å²) in [4.78, 5) is 22.2. The molecule has 2 rings (SSSR count). The fourth-order valence-electron chi connectivity index (χ4n) is 1.82. The molecule has 2 heterocycles. The molecule has 0 aromatic heterocycles. The van der Waals surface area contributed by atoms with Gasteiger partial charge in [-0.3, -0.25) is 14.9 Å². The second-order valence-electron chi connectivity index (χ2n) is 3.89. The van der Waals surface area contributed by atoms with E-state index in [0.29, 0.717) is 12.5 Å². The zero-order valence-corrected chi connectivity index (χ0v) is 7.58. The molecule has 13 heavy (non-hydrogen) atoms. The standard InChI is InChI=1S/C9H13NO3/c1-5(2-6-4-13-6)7-3-8(11)10-9(7)12/h5-7H,2-4H2,1H3,(H,10,11,12). The molecule has 2 fully saturated rings. The van der Waals surface area contributed by atoms with E-state index in [4.69, 9.17) is 4.74 Å². The summed E-state index contributed by atoms with van der Waals surface area (Å²) in [6.45, 7) is 2.82. The maximum atomic E-state index is 11.3. The number of epoxide rings is 1. The molecule has 4 heteroatoms. The van der Waals surface area contributed by atoms with Crippen molar-refractivity contribution in [1.29, 1.82) is 0 Å². The fourth-order valence-corrected chi connectivity index (χ4v) is 1.82. The average Bonchev–Trinajstić information content (AvgIpc) is 2.77. The van der Waals surface area contributed by atoms with Crippen LogP contribution in [-0.2, 0) is 14.3 Å². The second-order valence-corrected chi connectivity index (χ2v) is 3.89. The molecule has 0 bridgehead atoms. The number of rotatable bonds is 3. The summed E-state index contributed by atoms with van der Waals surface area (Å²) in [6.07, 6.45) is 1.58. The molecule has 0 aromatic rings. The molecule has 2 aliphatic heterocycles. The van der Waals surface area contributed by atoms with Gasteiger partial charge in [0.15, 0.2) is 0 Å². The number of carbonyl (C=O) groups is 2. The SMILES string of the molecule is CC(CC1CO1)C1CC(=O)NC1=O. The van der Waals surface area contributed by atoms with Crippen LogP contribution in [0.2, 0.25) is 0 Å². The van der Waals surface area contributed by atoms with Crippen molar-refractivity contribution in [2.24, 2.45) is 11.8 Å². The Morgan fingerprint density at radius 1 is 1.62 bits per heavy atom. The van der Waals surface area contributed by atoms with Gasteiger partial charge in [0, 0.05) is 12.3 Å². The number of hydrogen-bond acceptors (Lipinski definition) is 3. The Balaban J connectivity index is 1.90. The van der Waals surface area contributed by atoms with Crippen LogP contribution in [0.1, 0.15) is 19.8 Å². The highest BCUT2D eigenvalue weighted by Gasteiger charge is 2.37. The van der Waals surface area contributed by atoms with Crippen LogP contribution in [0.3, 0.4) is 0 Å². The van der Waals surface area contributed by atoms with Crippen LogP contribution in [0.15, 0.2) is 0 Å². The van der Waals surface area contributed by atoms with Gasteiger partial charge in [-0.2, -0.15) is 0 Å². The summed E-state index contributed by atoms with van der Waals surface area (Å²) in [5.41, 5.74) is 0. The van der Waals surface area contributed by atoms with Crippen molar-refractivity contribution in [3.05, 3.63) is 0 Å². The van der Waals surface area contributed by atoms with Crippen LogP contribution in [-0.4, -0.2) is 24.5 Å². The van der Waals surface area contributed by atoms with Crippen LogP contribution >= 0.6 is 0 Å². The molecular formula is C9H13NO3. The van der Waals surface area contributed by atoms with Crippen molar-refractivity contribution < 1.29 is 14.3 Å². The van der Waals surface area contributed by atoms with E-state index < -0.39 is 0 Å². The number of ether oxygens (including phenoxy) is 1. The minimum absolute atomic E-state index is 0.113. The molecule has 72 valence electrons. The first kappa shape index (κ1) is 8.69. The summed E-state index contributed by atoms with van der Waals surface area (Å²) in [5.74, 6) is -0.132. The van der Waals surface area contributed by atoms with Gasteiger partial charge in [0.05, 0.1) is 12.7 Å². The van der Waals surface area contributed by atoms with Gasteiger partial charge in [-0.25, -0.2) is 0 Å². The summed E-state index contributed by atoms with van der Waals surface area (Å²) < 4.78 is 5.08. The molecule has 2 amide bonds. The average molecular weight is 183 g/mol. The fraction of sp³-hybridized carbons (Fsp3) is 0.778. The first-order chi connectivity index (χ1) is 6.16. The van der Waals surface area contributed by atoms with Crippen LogP contribution in [0, 0.1) is 11.8 Å². The van der Waals surface area contributed by atoms with Crippen molar-refractivity contribution in [1.82, 2.24) is 5.32 Å². The predicted molar refractivity (Wildman–Crippen MR) is 44.8 cm³/mol. The van der Waals surface area contributed by atoms with E-state index in [9.17, 15) is 9.59 Å². The van der Waals surface area contributed by atoms with Gasteiger partial charge in [-0.1, -0.05) is 6.92 Å². The zero-order valence-electron chi connectivity index (χ0n) is 7.58. The quantitative estimate of drug-likeness (QED) is 0.497. The van der Waals surface area contributed by atoms with E-state index in [1.807, 2.05) is 6.92 Å². The van der Waals surface area contributed by atoms with Crippen molar-refractivity contribution in [2.75, 3.05) is 6.61 Å². The Morgan fingerprint density at radius 3 is 2.77 bits per heavy atom. The minimum atomic E-state index is -0.140. The molecule has 1 N–H and O–H groups in total. The molecule has 0 saturated carbocycles. The summed E-state index contributed by atoms with van der Waals surface area (Å²) in [6, 6.07) is 0. The number of hydrogen-bond donors (Lipinski definition) is 1. The number of amides is 2. The van der Waals surface area contributed by atoms with Crippen molar-refractivity contribution in [3.63, 3.8) is 0 Å². The van der Waals surface area contributed by atoms with E-state index in [2.05, 4.69) is 5.32 Å². The van der Waals surface area contributed by atoms with Gasteiger partial charge in [-0.15, -0.1) is 0 Å². The molecule has 4 nitrogen and oxygen atoms in total. The molecule has 2 aliphatic rings. The molecule has 3 unspecified atom stereocenters. The van der Waals surface area contributed by atoms with Gasteiger partial charge in [-0.05, 0) is 12.3 Å². The Bertz CT molecular complexity index is 247. The minimum Gasteiger partial charge on any atom is -0.373 e. The smallest absolute Gasteiger partial charge is 0.230 e. The topological polar surface area (TPSA) is 58.7 Å². The Morgan fingerprint density at radius 2 is 2.31 bits per heavy atom. The van der Waals surface area contributed by atoms with Crippen molar-refractivity contribution in [3.8, 4) is 0 Å². The number of carbonyl (C=O) groups excluding carboxylic acids is 2. The molecule has 0 radical (unpaired) electrons. The molecule has 2 saturated heterocycles. The van der Waals surface area contributed by atoms with Gasteiger partial charge in [0.25, 0.3) is 0 Å². The van der Waals surface area contributed by atoms with E-state index in [-0.39, 0.29) is 23.7 Å². The van der Waals surface area contributed by atoms with Gasteiger partial charge < -0.3 is 4.74 Å². The van der Waals surface area contributed by atoms with E-state index in [1.54, 1.807) is 0 Å². The first-order valence-electron chi connectivity index (χ1n) is 4.62. The largest absolute Gasteiger partial charge is 0.373 e. The highest BCUT2D eigenvalue weighted by Crippen LogP contribution is 2.28. The molecule has 0 aromatic carbocycles. The van der Waals surface area contributed by atoms with Gasteiger partial charge in [0.2, 0.25) is 11.8 Å². The van der Waals surface area contributed by atoms with Gasteiger partial charge in [0.1, 0.15) is 0 Å². The Hall–Kier alpha value is -0.900. The third-order valence-electron chi connectivity index (χ3n) is 2.73. The first-order valence-corrected chi connectivity index (χ1v) is 4.62. The Kier molecular flexibility index (Phi) is 2.07. The highest BCUT2D eigenvalue weighted by molar-refractivity contribution is 6.03. The van der Waals surface area contributed by atoms with Crippen LogP contribution < -0.4 is 5.32 Å². The van der Waals surface area contributed by atoms with Crippen LogP contribution in [0.5, 0.6) is 0 Å². The third-order valence-corrected chi connectivity index (χ3v) is 2.73. The lowest BCUT2D eigenvalue weighted by Crippen LogP contribution is -2.25. The molecule has 0 aliphatic carbocycles. The zero-order chi connectivity index (χ0) is 9.42. The summed E-state index contributed by atoms with van der Waals surface area (Å²) in [5, 5.41) is 2.32. The molecule has 0 spiro atoms. The highest BCUT2D eigenvalue weighted by atomic mass is 16.6. The van der Waals surface area contributed by atoms with Crippen molar-refractivity contribution in [2.45, 2.75) is 25.9 Å². The maximum Gasteiger partial charge on any atom is 0.230 e. The van der Waals surface area contributed by atoms with E-state index in [1.165, 1.54) is 0 Å². The van der Waals surface area contributed by atoms with E-state index >= 15 is 0 Å². The number of imide groups is 1. The molecular weight excluding hydrogens is 170 g/mol. The van der Waals surface area contributed by atoms with Crippen LogP contribution in [0.25, 0.3) is 0 Å².